The molecule has 2 aromatic rings. The summed E-state index contributed by atoms with van der Waals surface area (Å²) in [5.41, 5.74) is 1.29. The number of cyclic esters (lactones) is 1. The Balaban J connectivity index is 2.03. The highest BCUT2D eigenvalue weighted by atomic mass is 16.6. The molecule has 2 atom stereocenters. The summed E-state index contributed by atoms with van der Waals surface area (Å²) in [6.45, 7) is 2.14. The van der Waals surface area contributed by atoms with Crippen LogP contribution in [0.5, 0.6) is 0 Å². The number of benzene rings is 1. The maximum atomic E-state index is 12.4. The van der Waals surface area contributed by atoms with Gasteiger partial charge < -0.3 is 4.74 Å². The molecule has 1 aliphatic heterocycles. The first-order valence-corrected chi connectivity index (χ1v) is 7.46. The van der Waals surface area contributed by atoms with Gasteiger partial charge in [0, 0.05) is 6.20 Å². The lowest BCUT2D eigenvalue weighted by Crippen LogP contribution is -2.54. The van der Waals surface area contributed by atoms with E-state index in [1.54, 1.807) is 6.20 Å². The molecule has 1 aromatic heterocycles. The number of rotatable bonds is 5. The molecule has 1 saturated heterocycles. The van der Waals surface area contributed by atoms with E-state index in [2.05, 4.69) is 11.9 Å². The lowest BCUT2D eigenvalue weighted by molar-refractivity contribution is -0.194. The summed E-state index contributed by atoms with van der Waals surface area (Å²) in [7, 11) is 0. The fraction of sp³-hybridized carbons (Fsp3) is 0.333. The van der Waals surface area contributed by atoms with E-state index in [9.17, 15) is 4.79 Å². The molecule has 108 valence electrons. The second kappa shape index (κ2) is 5.68. The Morgan fingerprint density at radius 3 is 2.52 bits per heavy atom. The van der Waals surface area contributed by atoms with Crippen molar-refractivity contribution in [1.82, 2.24) is 4.98 Å². The van der Waals surface area contributed by atoms with Crippen molar-refractivity contribution in [2.75, 3.05) is 0 Å². The molecule has 0 bridgehead atoms. The number of hydrogen-bond donors (Lipinski definition) is 0. The molecule has 21 heavy (non-hydrogen) atoms. The van der Waals surface area contributed by atoms with Gasteiger partial charge >= 0.3 is 5.97 Å². The summed E-state index contributed by atoms with van der Waals surface area (Å²) >= 11 is 0. The Bertz CT molecular complexity index is 612. The standard InChI is InChI=1S/C18H19NO2/c1-2-3-12-18(14-9-5-4-6-10-14)16(21-17(18)20)15-11-7-8-13-19-15/h4-11,13,16H,2-3,12H2,1H3/t16-,18-/m0/s1. The summed E-state index contributed by atoms with van der Waals surface area (Å²) < 4.78 is 5.49. The van der Waals surface area contributed by atoms with Gasteiger partial charge in [0.05, 0.1) is 5.69 Å². The highest BCUT2D eigenvalue weighted by molar-refractivity contribution is 5.89. The third-order valence-corrected chi connectivity index (χ3v) is 4.21. The Morgan fingerprint density at radius 2 is 1.90 bits per heavy atom. The Kier molecular flexibility index (Phi) is 3.74. The van der Waals surface area contributed by atoms with Crippen molar-refractivity contribution in [3.05, 3.63) is 66.0 Å². The van der Waals surface area contributed by atoms with Crippen molar-refractivity contribution in [3.63, 3.8) is 0 Å². The van der Waals surface area contributed by atoms with E-state index in [1.165, 1.54) is 0 Å². The number of esters is 1. The van der Waals surface area contributed by atoms with Gasteiger partial charge in [-0.15, -0.1) is 0 Å². The SMILES string of the molecule is CCCC[C@@]1(c2ccccc2)C(=O)O[C@H]1c1ccccn1. The van der Waals surface area contributed by atoms with E-state index in [0.717, 1.165) is 30.5 Å². The van der Waals surface area contributed by atoms with Crippen LogP contribution in [0.25, 0.3) is 0 Å². The molecular formula is C18H19NO2. The van der Waals surface area contributed by atoms with Crippen LogP contribution in [0.2, 0.25) is 0 Å². The Hall–Kier alpha value is -2.16. The van der Waals surface area contributed by atoms with Crippen LogP contribution in [0, 0.1) is 0 Å². The molecule has 0 saturated carbocycles. The van der Waals surface area contributed by atoms with E-state index in [4.69, 9.17) is 4.74 Å². The van der Waals surface area contributed by atoms with Crippen LogP contribution >= 0.6 is 0 Å². The van der Waals surface area contributed by atoms with E-state index >= 15 is 0 Å². The second-order valence-corrected chi connectivity index (χ2v) is 5.48. The van der Waals surface area contributed by atoms with Crippen LogP contribution in [0.15, 0.2) is 54.7 Å². The van der Waals surface area contributed by atoms with Gasteiger partial charge in [0.25, 0.3) is 0 Å². The van der Waals surface area contributed by atoms with Crippen molar-refractivity contribution < 1.29 is 9.53 Å². The number of carbonyl (C=O) groups excluding carboxylic acids is 1. The molecule has 0 radical (unpaired) electrons. The fourth-order valence-electron chi connectivity index (χ4n) is 3.04. The zero-order valence-corrected chi connectivity index (χ0v) is 12.2. The highest BCUT2D eigenvalue weighted by Gasteiger charge is 2.59. The molecule has 3 nitrogen and oxygen atoms in total. The maximum absolute atomic E-state index is 12.4. The molecule has 3 rings (SSSR count). The van der Waals surface area contributed by atoms with Crippen molar-refractivity contribution in [2.45, 2.75) is 37.7 Å². The van der Waals surface area contributed by atoms with Crippen LogP contribution in [0.3, 0.4) is 0 Å². The third kappa shape index (κ3) is 2.23. The van der Waals surface area contributed by atoms with Crippen LogP contribution in [0.1, 0.15) is 43.5 Å². The first kappa shape index (κ1) is 13.8. The fourth-order valence-corrected chi connectivity index (χ4v) is 3.04. The minimum absolute atomic E-state index is 0.127. The van der Waals surface area contributed by atoms with Gasteiger partial charge in [-0.05, 0) is 24.1 Å². The number of nitrogens with zero attached hydrogens (tertiary/aromatic N) is 1. The topological polar surface area (TPSA) is 39.2 Å². The number of ether oxygens (including phenoxy) is 1. The van der Waals surface area contributed by atoms with E-state index in [-0.39, 0.29) is 12.1 Å². The van der Waals surface area contributed by atoms with Gasteiger partial charge in [0.1, 0.15) is 5.41 Å². The number of unbranched alkanes of at least 4 members (excludes halogenated alkanes) is 1. The van der Waals surface area contributed by atoms with Gasteiger partial charge in [-0.3, -0.25) is 9.78 Å². The Morgan fingerprint density at radius 1 is 1.14 bits per heavy atom. The zero-order valence-electron chi connectivity index (χ0n) is 12.2. The molecule has 0 N–H and O–H groups in total. The summed E-state index contributed by atoms with van der Waals surface area (Å²) in [6.07, 6.45) is 4.31. The summed E-state index contributed by atoms with van der Waals surface area (Å²) in [5.74, 6) is -0.127. The lowest BCUT2D eigenvalue weighted by Gasteiger charge is -2.47. The molecule has 1 aliphatic rings. The molecule has 1 aromatic carbocycles. The van der Waals surface area contributed by atoms with Crippen LogP contribution in [-0.2, 0) is 14.9 Å². The summed E-state index contributed by atoms with van der Waals surface area (Å²) in [5, 5.41) is 0. The van der Waals surface area contributed by atoms with Crippen LogP contribution in [-0.4, -0.2) is 11.0 Å². The van der Waals surface area contributed by atoms with E-state index < -0.39 is 5.41 Å². The minimum atomic E-state index is -0.578. The predicted octanol–water partition coefficient (Wildman–Crippen LogP) is 3.81. The average molecular weight is 281 g/mol. The van der Waals surface area contributed by atoms with E-state index in [1.807, 2.05) is 48.5 Å². The van der Waals surface area contributed by atoms with Crippen molar-refractivity contribution >= 4 is 5.97 Å². The largest absolute Gasteiger partial charge is 0.453 e. The first-order valence-electron chi connectivity index (χ1n) is 7.46. The van der Waals surface area contributed by atoms with Gasteiger partial charge in [-0.2, -0.15) is 0 Å². The molecule has 1 fully saturated rings. The van der Waals surface area contributed by atoms with E-state index in [0.29, 0.717) is 0 Å². The smallest absolute Gasteiger partial charge is 0.321 e. The van der Waals surface area contributed by atoms with Gasteiger partial charge in [0.15, 0.2) is 6.10 Å². The molecule has 3 heteroatoms. The first-order chi connectivity index (χ1) is 10.3. The molecule has 0 amide bonds. The summed E-state index contributed by atoms with van der Waals surface area (Å²) in [4.78, 5) is 16.8. The molecule has 0 aliphatic carbocycles. The van der Waals surface area contributed by atoms with Crippen molar-refractivity contribution in [1.29, 1.82) is 0 Å². The van der Waals surface area contributed by atoms with Gasteiger partial charge in [-0.25, -0.2) is 0 Å². The highest BCUT2D eigenvalue weighted by Crippen LogP contribution is 2.52. The van der Waals surface area contributed by atoms with Crippen molar-refractivity contribution in [3.8, 4) is 0 Å². The molecule has 0 unspecified atom stereocenters. The molecule has 2 heterocycles. The average Bonchev–Trinajstić information content (AvgIpc) is 2.55. The number of aromatic nitrogens is 1. The zero-order chi connectivity index (χ0) is 14.7. The van der Waals surface area contributed by atoms with Gasteiger partial charge in [0.2, 0.25) is 0 Å². The molecule has 0 spiro atoms. The number of carbonyl (C=O) groups is 1. The normalized spacial score (nSPS) is 24.2. The predicted molar refractivity (Wildman–Crippen MR) is 80.7 cm³/mol. The maximum Gasteiger partial charge on any atom is 0.321 e. The van der Waals surface area contributed by atoms with Gasteiger partial charge in [-0.1, -0.05) is 56.2 Å². The quantitative estimate of drug-likeness (QED) is 0.782. The number of pyridine rings is 1. The Labute approximate surface area is 125 Å². The van der Waals surface area contributed by atoms with Crippen LogP contribution < -0.4 is 0 Å². The summed E-state index contributed by atoms with van der Waals surface area (Å²) in [6, 6.07) is 15.7. The molecular weight excluding hydrogens is 262 g/mol. The lowest BCUT2D eigenvalue weighted by atomic mass is 9.67. The number of hydrogen-bond acceptors (Lipinski definition) is 3. The second-order valence-electron chi connectivity index (χ2n) is 5.48. The third-order valence-electron chi connectivity index (χ3n) is 4.21. The monoisotopic (exact) mass is 281 g/mol. The van der Waals surface area contributed by atoms with Crippen molar-refractivity contribution in [2.24, 2.45) is 0 Å². The van der Waals surface area contributed by atoms with Crippen LogP contribution in [0.4, 0.5) is 0 Å². The minimum Gasteiger partial charge on any atom is -0.453 e.